The first-order valence-corrected chi connectivity index (χ1v) is 8.53. The van der Waals surface area contributed by atoms with Crippen molar-refractivity contribution >= 4 is 17.2 Å². The van der Waals surface area contributed by atoms with E-state index in [9.17, 15) is 4.79 Å². The van der Waals surface area contributed by atoms with Gasteiger partial charge in [0.15, 0.2) is 5.82 Å². The number of aromatic nitrogens is 3. The molecular formula is C15H21N5O2S. The van der Waals surface area contributed by atoms with Crippen LogP contribution in [0, 0.1) is 13.8 Å². The van der Waals surface area contributed by atoms with Crippen molar-refractivity contribution < 1.29 is 9.32 Å². The third-order valence-corrected chi connectivity index (χ3v) is 4.92. The number of rotatable bonds is 5. The second-order valence-electron chi connectivity index (χ2n) is 5.90. The lowest BCUT2D eigenvalue weighted by Gasteiger charge is -2.26. The Bertz CT molecular complexity index is 683. The van der Waals surface area contributed by atoms with Crippen molar-refractivity contribution in [3.63, 3.8) is 0 Å². The van der Waals surface area contributed by atoms with Crippen molar-refractivity contribution in [1.82, 2.24) is 24.9 Å². The standard InChI is InChI=1S/C15H21N5O2S/c1-10-17-15(18-22-10)9-20(12(3)21)13-4-5-19(7-13)8-14-6-16-11(2)23-14/h6,13H,4-5,7-9H2,1-3H3/t13-/m0/s1. The molecule has 1 aliphatic heterocycles. The lowest BCUT2D eigenvalue weighted by Crippen LogP contribution is -2.40. The van der Waals surface area contributed by atoms with Crippen molar-refractivity contribution in [2.45, 2.75) is 46.3 Å². The fourth-order valence-corrected chi connectivity index (χ4v) is 3.80. The highest BCUT2D eigenvalue weighted by molar-refractivity contribution is 7.11. The Balaban J connectivity index is 1.61. The second-order valence-corrected chi connectivity index (χ2v) is 7.22. The molecule has 23 heavy (non-hydrogen) atoms. The van der Waals surface area contributed by atoms with E-state index < -0.39 is 0 Å². The van der Waals surface area contributed by atoms with Gasteiger partial charge in [-0.15, -0.1) is 11.3 Å². The Hall–Kier alpha value is -1.80. The Morgan fingerprint density at radius 1 is 1.52 bits per heavy atom. The number of likely N-dealkylation sites (tertiary alicyclic amines) is 1. The smallest absolute Gasteiger partial charge is 0.223 e. The fraction of sp³-hybridized carbons (Fsp3) is 0.600. The molecule has 1 saturated heterocycles. The molecule has 2 aromatic heterocycles. The van der Waals surface area contributed by atoms with Gasteiger partial charge in [0.1, 0.15) is 0 Å². The number of aryl methyl sites for hydroxylation is 2. The lowest BCUT2D eigenvalue weighted by atomic mass is 10.2. The van der Waals surface area contributed by atoms with Crippen LogP contribution in [0.4, 0.5) is 0 Å². The predicted octanol–water partition coefficient (Wildman–Crippen LogP) is 1.77. The topological polar surface area (TPSA) is 75.4 Å². The van der Waals surface area contributed by atoms with Gasteiger partial charge in [-0.1, -0.05) is 5.16 Å². The Kier molecular flexibility index (Phi) is 4.72. The van der Waals surface area contributed by atoms with Gasteiger partial charge in [0, 0.05) is 50.6 Å². The van der Waals surface area contributed by atoms with Crippen molar-refractivity contribution in [1.29, 1.82) is 0 Å². The van der Waals surface area contributed by atoms with Crippen LogP contribution in [-0.2, 0) is 17.9 Å². The van der Waals surface area contributed by atoms with Crippen LogP contribution >= 0.6 is 11.3 Å². The average Bonchev–Trinajstić information content (AvgIpc) is 3.19. The van der Waals surface area contributed by atoms with Gasteiger partial charge in [0.25, 0.3) is 0 Å². The molecule has 2 aromatic rings. The minimum absolute atomic E-state index is 0.0490. The summed E-state index contributed by atoms with van der Waals surface area (Å²) in [6.07, 6.45) is 2.91. The Labute approximate surface area is 139 Å². The molecule has 1 fully saturated rings. The van der Waals surface area contributed by atoms with Crippen molar-refractivity contribution in [3.05, 3.63) is 27.8 Å². The summed E-state index contributed by atoms with van der Waals surface area (Å²) in [6.45, 7) is 8.53. The van der Waals surface area contributed by atoms with Gasteiger partial charge >= 0.3 is 0 Å². The first-order chi connectivity index (χ1) is 11.0. The number of nitrogens with zero attached hydrogens (tertiary/aromatic N) is 5. The van der Waals surface area contributed by atoms with E-state index in [-0.39, 0.29) is 11.9 Å². The lowest BCUT2D eigenvalue weighted by molar-refractivity contribution is -0.131. The van der Waals surface area contributed by atoms with Crippen LogP contribution in [0.3, 0.4) is 0 Å². The summed E-state index contributed by atoms with van der Waals surface area (Å²) < 4.78 is 5.00. The zero-order chi connectivity index (χ0) is 16.4. The number of thiazole rings is 1. The molecule has 1 atom stereocenters. The maximum atomic E-state index is 12.0. The number of hydrogen-bond acceptors (Lipinski definition) is 7. The molecule has 0 saturated carbocycles. The van der Waals surface area contributed by atoms with Crippen molar-refractivity contribution in [3.8, 4) is 0 Å². The second kappa shape index (κ2) is 6.76. The van der Waals surface area contributed by atoms with Crippen LogP contribution in [0.2, 0.25) is 0 Å². The maximum absolute atomic E-state index is 12.0. The van der Waals surface area contributed by atoms with E-state index in [2.05, 4.69) is 20.0 Å². The van der Waals surface area contributed by atoms with Gasteiger partial charge in [-0.2, -0.15) is 4.98 Å². The molecule has 124 valence electrons. The molecule has 0 aliphatic carbocycles. The Morgan fingerprint density at radius 3 is 2.96 bits per heavy atom. The normalized spacial score (nSPS) is 18.5. The van der Waals surface area contributed by atoms with E-state index >= 15 is 0 Å². The number of hydrogen-bond donors (Lipinski definition) is 0. The minimum Gasteiger partial charge on any atom is -0.340 e. The molecule has 0 N–H and O–H groups in total. The van der Waals surface area contributed by atoms with Crippen LogP contribution in [0.15, 0.2) is 10.7 Å². The number of carbonyl (C=O) groups excluding carboxylic acids is 1. The van der Waals surface area contributed by atoms with Gasteiger partial charge in [0.2, 0.25) is 11.8 Å². The average molecular weight is 335 g/mol. The van der Waals surface area contributed by atoms with Gasteiger partial charge in [0.05, 0.1) is 11.6 Å². The summed E-state index contributed by atoms with van der Waals surface area (Å²) in [4.78, 5) is 26.0. The first-order valence-electron chi connectivity index (χ1n) is 7.71. The largest absolute Gasteiger partial charge is 0.340 e. The summed E-state index contributed by atoms with van der Waals surface area (Å²) >= 11 is 1.73. The Morgan fingerprint density at radius 2 is 2.35 bits per heavy atom. The number of carbonyl (C=O) groups is 1. The highest BCUT2D eigenvalue weighted by atomic mass is 32.1. The molecule has 0 radical (unpaired) electrons. The minimum atomic E-state index is 0.0490. The molecule has 1 amide bonds. The monoisotopic (exact) mass is 335 g/mol. The number of amides is 1. The third-order valence-electron chi connectivity index (χ3n) is 4.02. The summed E-state index contributed by atoms with van der Waals surface area (Å²) in [6, 6.07) is 0.195. The van der Waals surface area contributed by atoms with Gasteiger partial charge in [-0.05, 0) is 13.3 Å². The van der Waals surface area contributed by atoms with Gasteiger partial charge in [-0.3, -0.25) is 9.69 Å². The molecule has 8 heteroatoms. The zero-order valence-electron chi connectivity index (χ0n) is 13.7. The molecule has 1 aliphatic rings. The zero-order valence-corrected chi connectivity index (χ0v) is 14.5. The predicted molar refractivity (Wildman–Crippen MR) is 85.8 cm³/mol. The van der Waals surface area contributed by atoms with E-state index in [0.717, 1.165) is 31.1 Å². The van der Waals surface area contributed by atoms with Crippen LogP contribution in [0.25, 0.3) is 0 Å². The summed E-state index contributed by atoms with van der Waals surface area (Å²) in [5.41, 5.74) is 0. The third kappa shape index (κ3) is 3.94. The van der Waals surface area contributed by atoms with Crippen LogP contribution in [0.1, 0.15) is 34.9 Å². The van der Waals surface area contributed by atoms with Crippen LogP contribution < -0.4 is 0 Å². The molecule has 3 heterocycles. The van der Waals surface area contributed by atoms with Gasteiger partial charge < -0.3 is 9.42 Å². The maximum Gasteiger partial charge on any atom is 0.223 e. The fourth-order valence-electron chi connectivity index (χ4n) is 2.96. The van der Waals surface area contributed by atoms with Crippen LogP contribution in [-0.4, -0.2) is 50.0 Å². The summed E-state index contributed by atoms with van der Waals surface area (Å²) in [7, 11) is 0. The first kappa shape index (κ1) is 16.1. The molecule has 0 unspecified atom stereocenters. The van der Waals surface area contributed by atoms with E-state index in [0.29, 0.717) is 18.3 Å². The molecule has 3 rings (SSSR count). The van der Waals surface area contributed by atoms with Gasteiger partial charge in [-0.25, -0.2) is 4.98 Å². The van der Waals surface area contributed by atoms with Crippen molar-refractivity contribution in [2.75, 3.05) is 13.1 Å². The summed E-state index contributed by atoms with van der Waals surface area (Å²) in [5.74, 6) is 1.14. The van der Waals surface area contributed by atoms with E-state index in [4.69, 9.17) is 4.52 Å². The molecule has 7 nitrogen and oxygen atoms in total. The molecule has 0 spiro atoms. The van der Waals surface area contributed by atoms with Crippen LogP contribution in [0.5, 0.6) is 0 Å². The van der Waals surface area contributed by atoms with Crippen molar-refractivity contribution in [2.24, 2.45) is 0 Å². The highest BCUT2D eigenvalue weighted by Crippen LogP contribution is 2.22. The van der Waals surface area contributed by atoms with E-state index in [1.54, 1.807) is 25.2 Å². The SMILES string of the molecule is CC(=O)N(Cc1noc(C)n1)[C@H]1CCN(Cc2cnc(C)s2)C1. The van der Waals surface area contributed by atoms with E-state index in [1.165, 1.54) is 4.88 Å². The quantitative estimate of drug-likeness (QED) is 0.829. The highest BCUT2D eigenvalue weighted by Gasteiger charge is 2.30. The summed E-state index contributed by atoms with van der Waals surface area (Å²) in [5, 5.41) is 4.99. The molecule has 0 bridgehead atoms. The van der Waals surface area contributed by atoms with E-state index in [1.807, 2.05) is 18.0 Å². The molecule has 0 aromatic carbocycles. The molecular weight excluding hydrogens is 314 g/mol.